The first-order chi connectivity index (χ1) is 7.72. The highest BCUT2D eigenvalue weighted by molar-refractivity contribution is 5.93. The number of rotatable bonds is 3. The summed E-state index contributed by atoms with van der Waals surface area (Å²) < 4.78 is 7.09. The predicted octanol–water partition coefficient (Wildman–Crippen LogP) is -0.258. The third-order valence-corrected chi connectivity index (χ3v) is 2.95. The lowest BCUT2D eigenvalue weighted by atomic mass is 10.2. The van der Waals surface area contributed by atoms with E-state index in [1.807, 2.05) is 19.3 Å². The van der Waals surface area contributed by atoms with E-state index < -0.39 is 0 Å². The van der Waals surface area contributed by atoms with Gasteiger partial charge in [-0.3, -0.25) is 4.79 Å². The number of methoxy groups -OCH3 is 1. The van der Waals surface area contributed by atoms with Gasteiger partial charge in [0.05, 0.1) is 12.1 Å². The fraction of sp³-hybridized carbons (Fsp3) is 0.545. The number of amides is 1. The van der Waals surface area contributed by atoms with Crippen LogP contribution in [-0.2, 0) is 11.8 Å². The number of aromatic nitrogens is 1. The van der Waals surface area contributed by atoms with E-state index in [-0.39, 0.29) is 18.1 Å². The Morgan fingerprint density at radius 3 is 3.06 bits per heavy atom. The summed E-state index contributed by atoms with van der Waals surface area (Å²) in [6, 6.07) is 3.71. The average Bonchev–Trinajstić information content (AvgIpc) is 2.86. The number of hydrogen-bond acceptors (Lipinski definition) is 3. The van der Waals surface area contributed by atoms with E-state index >= 15 is 0 Å². The van der Waals surface area contributed by atoms with E-state index in [0.29, 0.717) is 5.69 Å². The molecule has 1 saturated heterocycles. The summed E-state index contributed by atoms with van der Waals surface area (Å²) in [5, 5.41) is 6.17. The Kier molecular flexibility index (Phi) is 3.26. The van der Waals surface area contributed by atoms with Gasteiger partial charge in [0.2, 0.25) is 0 Å². The van der Waals surface area contributed by atoms with E-state index in [1.54, 1.807) is 17.7 Å². The van der Waals surface area contributed by atoms with Crippen molar-refractivity contribution in [1.82, 2.24) is 15.2 Å². The molecule has 2 N–H and O–H groups in total. The zero-order valence-electron chi connectivity index (χ0n) is 9.56. The molecule has 88 valence electrons. The van der Waals surface area contributed by atoms with Crippen molar-refractivity contribution in [2.75, 3.05) is 20.2 Å². The van der Waals surface area contributed by atoms with Crippen molar-refractivity contribution in [2.45, 2.75) is 12.1 Å². The first-order valence-corrected chi connectivity index (χ1v) is 5.38. The molecule has 1 aliphatic rings. The van der Waals surface area contributed by atoms with Crippen LogP contribution in [0.15, 0.2) is 18.3 Å². The van der Waals surface area contributed by atoms with Gasteiger partial charge in [-0.25, -0.2) is 0 Å². The Labute approximate surface area is 94.8 Å². The molecule has 5 heteroatoms. The van der Waals surface area contributed by atoms with Gasteiger partial charge in [-0.15, -0.1) is 0 Å². The molecule has 0 bridgehead atoms. The Bertz CT molecular complexity index is 375. The fourth-order valence-electron chi connectivity index (χ4n) is 1.99. The van der Waals surface area contributed by atoms with Crippen molar-refractivity contribution in [3.05, 3.63) is 24.0 Å². The molecule has 5 nitrogen and oxygen atoms in total. The number of hydrogen-bond donors (Lipinski definition) is 2. The van der Waals surface area contributed by atoms with E-state index in [0.717, 1.165) is 13.1 Å². The van der Waals surface area contributed by atoms with Crippen molar-refractivity contribution in [3.8, 4) is 0 Å². The molecule has 2 unspecified atom stereocenters. The molecule has 0 spiro atoms. The highest BCUT2D eigenvalue weighted by Crippen LogP contribution is 2.06. The van der Waals surface area contributed by atoms with E-state index in [1.165, 1.54) is 0 Å². The highest BCUT2D eigenvalue weighted by Gasteiger charge is 2.28. The quantitative estimate of drug-likeness (QED) is 0.742. The lowest BCUT2D eigenvalue weighted by molar-refractivity contribution is 0.0774. The van der Waals surface area contributed by atoms with Gasteiger partial charge in [0.25, 0.3) is 5.91 Å². The summed E-state index contributed by atoms with van der Waals surface area (Å²) in [5.41, 5.74) is 0.668. The average molecular weight is 223 g/mol. The van der Waals surface area contributed by atoms with Crippen LogP contribution in [0.3, 0.4) is 0 Å². The maximum Gasteiger partial charge on any atom is 0.268 e. The Morgan fingerprint density at radius 2 is 2.44 bits per heavy atom. The number of ether oxygens (including phenoxy) is 1. The summed E-state index contributed by atoms with van der Waals surface area (Å²) in [5.74, 6) is -0.0525. The first kappa shape index (κ1) is 11.2. The van der Waals surface area contributed by atoms with Crippen LogP contribution in [0.4, 0.5) is 0 Å². The van der Waals surface area contributed by atoms with Crippen molar-refractivity contribution in [2.24, 2.45) is 7.05 Å². The monoisotopic (exact) mass is 223 g/mol. The Hall–Kier alpha value is -1.33. The predicted molar refractivity (Wildman–Crippen MR) is 60.3 cm³/mol. The normalized spacial score (nSPS) is 24.6. The molecule has 0 saturated carbocycles. The first-order valence-electron chi connectivity index (χ1n) is 5.38. The summed E-state index contributed by atoms with van der Waals surface area (Å²) in [6.45, 7) is 1.54. The van der Waals surface area contributed by atoms with Gasteiger partial charge in [-0.2, -0.15) is 0 Å². The molecule has 1 aromatic rings. The molecule has 0 aromatic carbocycles. The zero-order chi connectivity index (χ0) is 11.5. The largest absolute Gasteiger partial charge is 0.378 e. The second kappa shape index (κ2) is 4.67. The highest BCUT2D eigenvalue weighted by atomic mass is 16.5. The second-order valence-corrected chi connectivity index (χ2v) is 4.02. The zero-order valence-corrected chi connectivity index (χ0v) is 9.56. The summed E-state index contributed by atoms with van der Waals surface area (Å²) in [7, 11) is 3.52. The van der Waals surface area contributed by atoms with Crippen LogP contribution >= 0.6 is 0 Å². The minimum Gasteiger partial charge on any atom is -0.378 e. The van der Waals surface area contributed by atoms with Crippen LogP contribution in [-0.4, -0.2) is 42.8 Å². The standard InChI is InChI=1S/C11H17N3O2/c1-14-5-3-4-9(14)11(15)13-8-6-12-7-10(8)16-2/h3-5,8,10,12H,6-7H2,1-2H3,(H,13,15). The van der Waals surface area contributed by atoms with Gasteiger partial charge in [-0.1, -0.05) is 0 Å². The van der Waals surface area contributed by atoms with Gasteiger partial charge >= 0.3 is 0 Å². The second-order valence-electron chi connectivity index (χ2n) is 4.02. The van der Waals surface area contributed by atoms with Crippen LogP contribution in [0.2, 0.25) is 0 Å². The summed E-state index contributed by atoms with van der Waals surface area (Å²) in [4.78, 5) is 11.9. The summed E-state index contributed by atoms with van der Waals surface area (Å²) >= 11 is 0. The van der Waals surface area contributed by atoms with Crippen LogP contribution in [0, 0.1) is 0 Å². The smallest absolute Gasteiger partial charge is 0.268 e. The third-order valence-electron chi connectivity index (χ3n) is 2.95. The number of carbonyl (C=O) groups excluding carboxylic acids is 1. The van der Waals surface area contributed by atoms with Crippen LogP contribution < -0.4 is 10.6 Å². The van der Waals surface area contributed by atoms with Crippen molar-refractivity contribution in [1.29, 1.82) is 0 Å². The Morgan fingerprint density at radius 1 is 1.62 bits per heavy atom. The molecule has 16 heavy (non-hydrogen) atoms. The van der Waals surface area contributed by atoms with Crippen LogP contribution in [0.1, 0.15) is 10.5 Å². The van der Waals surface area contributed by atoms with Gasteiger partial charge in [0.1, 0.15) is 5.69 Å². The lowest BCUT2D eigenvalue weighted by Gasteiger charge is -2.18. The van der Waals surface area contributed by atoms with Crippen molar-refractivity contribution in [3.63, 3.8) is 0 Å². The molecular formula is C11H17N3O2. The van der Waals surface area contributed by atoms with Crippen molar-refractivity contribution < 1.29 is 9.53 Å². The topological polar surface area (TPSA) is 55.3 Å². The molecule has 1 aromatic heterocycles. The van der Waals surface area contributed by atoms with Gasteiger partial charge in [0, 0.05) is 33.4 Å². The van der Waals surface area contributed by atoms with Crippen LogP contribution in [0.25, 0.3) is 0 Å². The molecule has 1 aliphatic heterocycles. The van der Waals surface area contributed by atoms with Gasteiger partial charge < -0.3 is 19.9 Å². The van der Waals surface area contributed by atoms with Crippen molar-refractivity contribution >= 4 is 5.91 Å². The van der Waals surface area contributed by atoms with Gasteiger partial charge in [0.15, 0.2) is 0 Å². The molecule has 2 rings (SSSR count). The van der Waals surface area contributed by atoms with E-state index in [9.17, 15) is 4.79 Å². The SMILES string of the molecule is COC1CNCC1NC(=O)c1cccn1C. The Balaban J connectivity index is 2.00. The number of carbonyl (C=O) groups is 1. The minimum absolute atomic E-state index is 0.0485. The maximum absolute atomic E-state index is 11.9. The van der Waals surface area contributed by atoms with E-state index in [4.69, 9.17) is 4.74 Å². The third kappa shape index (κ3) is 2.10. The number of nitrogens with one attached hydrogen (secondary N) is 2. The maximum atomic E-state index is 11.9. The fourth-order valence-corrected chi connectivity index (χ4v) is 1.99. The molecule has 1 amide bonds. The van der Waals surface area contributed by atoms with Gasteiger partial charge in [-0.05, 0) is 12.1 Å². The molecule has 2 atom stereocenters. The molecule has 2 heterocycles. The molecule has 0 aliphatic carbocycles. The molecule has 1 fully saturated rings. The summed E-state index contributed by atoms with van der Waals surface area (Å²) in [6.07, 6.45) is 1.92. The minimum atomic E-state index is -0.0525. The van der Waals surface area contributed by atoms with E-state index in [2.05, 4.69) is 10.6 Å². The number of aryl methyl sites for hydroxylation is 1. The molecule has 0 radical (unpaired) electrons. The lowest BCUT2D eigenvalue weighted by Crippen LogP contribution is -2.44. The molecular weight excluding hydrogens is 206 g/mol. The number of nitrogens with zero attached hydrogens (tertiary/aromatic N) is 1. The van der Waals surface area contributed by atoms with Crippen LogP contribution in [0.5, 0.6) is 0 Å².